The fourth-order valence-corrected chi connectivity index (χ4v) is 0.950. The first kappa shape index (κ1) is 12.6. The number of aliphatic hydroxyl groups excluding tert-OH is 1. The molecule has 0 heterocycles. The summed E-state index contributed by atoms with van der Waals surface area (Å²) < 4.78 is 0. The zero-order valence-electron chi connectivity index (χ0n) is 9.13. The zero-order valence-corrected chi connectivity index (χ0v) is 9.13. The summed E-state index contributed by atoms with van der Waals surface area (Å²) in [5.41, 5.74) is -0.236. The average Bonchev–Trinajstić information content (AvgIpc) is 1.99. The molecule has 0 unspecified atom stereocenters. The molecule has 0 aliphatic rings. The van der Waals surface area contributed by atoms with E-state index in [0.717, 1.165) is 6.54 Å². The molecule has 0 saturated heterocycles. The van der Waals surface area contributed by atoms with Gasteiger partial charge in [0.25, 0.3) is 0 Å². The minimum Gasteiger partial charge on any atom is -0.395 e. The van der Waals surface area contributed by atoms with Gasteiger partial charge in [0.05, 0.1) is 6.61 Å². The van der Waals surface area contributed by atoms with Crippen molar-refractivity contribution >= 4 is 5.78 Å². The number of carbonyl (C=O) groups excluding carboxylic acids is 1. The Bertz CT molecular complexity index is 161. The van der Waals surface area contributed by atoms with E-state index in [9.17, 15) is 4.79 Å². The molecule has 0 amide bonds. The summed E-state index contributed by atoms with van der Waals surface area (Å²) in [7, 11) is 1.91. The van der Waals surface area contributed by atoms with Gasteiger partial charge in [0.1, 0.15) is 5.78 Å². The minimum absolute atomic E-state index is 0.153. The highest BCUT2D eigenvalue weighted by Gasteiger charge is 2.20. The predicted molar refractivity (Wildman–Crippen MR) is 53.7 cm³/mol. The first-order valence-electron chi connectivity index (χ1n) is 4.70. The highest BCUT2D eigenvalue weighted by molar-refractivity contribution is 5.83. The molecule has 0 fully saturated rings. The van der Waals surface area contributed by atoms with Crippen LogP contribution in [0.1, 0.15) is 27.2 Å². The van der Waals surface area contributed by atoms with Crippen molar-refractivity contribution in [2.24, 2.45) is 5.41 Å². The van der Waals surface area contributed by atoms with Gasteiger partial charge in [-0.3, -0.25) is 4.79 Å². The lowest BCUT2D eigenvalue weighted by Gasteiger charge is -2.19. The number of ketones is 1. The van der Waals surface area contributed by atoms with Crippen molar-refractivity contribution < 1.29 is 9.90 Å². The van der Waals surface area contributed by atoms with Crippen molar-refractivity contribution in [1.82, 2.24) is 4.90 Å². The summed E-state index contributed by atoms with van der Waals surface area (Å²) in [5, 5.41) is 8.64. The van der Waals surface area contributed by atoms with Gasteiger partial charge in [0.2, 0.25) is 0 Å². The maximum absolute atomic E-state index is 11.5. The van der Waals surface area contributed by atoms with E-state index in [1.54, 1.807) is 0 Å². The first-order valence-corrected chi connectivity index (χ1v) is 4.70. The number of hydrogen-bond donors (Lipinski definition) is 1. The van der Waals surface area contributed by atoms with Gasteiger partial charge in [-0.25, -0.2) is 0 Å². The second-order valence-corrected chi connectivity index (χ2v) is 4.45. The molecule has 3 heteroatoms. The van der Waals surface area contributed by atoms with Crippen LogP contribution in [0, 0.1) is 5.41 Å². The maximum atomic E-state index is 11.5. The standard InChI is InChI=1S/C10H21NO2/c1-10(2,3)9(13)5-6-11(4)7-8-12/h12H,5-8H2,1-4H3. The van der Waals surface area contributed by atoms with Crippen LogP contribution in [-0.4, -0.2) is 42.5 Å². The molecule has 0 aromatic rings. The molecule has 0 spiro atoms. The Morgan fingerprint density at radius 1 is 1.31 bits per heavy atom. The summed E-state index contributed by atoms with van der Waals surface area (Å²) in [5.74, 6) is 0.275. The van der Waals surface area contributed by atoms with Crippen LogP contribution in [0.5, 0.6) is 0 Å². The van der Waals surface area contributed by atoms with Crippen molar-refractivity contribution in [2.45, 2.75) is 27.2 Å². The van der Waals surface area contributed by atoms with E-state index in [2.05, 4.69) is 0 Å². The molecule has 0 bridgehead atoms. The van der Waals surface area contributed by atoms with Crippen LogP contribution >= 0.6 is 0 Å². The van der Waals surface area contributed by atoms with Crippen LogP contribution in [-0.2, 0) is 4.79 Å². The highest BCUT2D eigenvalue weighted by Crippen LogP contribution is 2.16. The quantitative estimate of drug-likeness (QED) is 0.695. The molecule has 0 atom stereocenters. The Hall–Kier alpha value is -0.410. The van der Waals surface area contributed by atoms with Gasteiger partial charge < -0.3 is 10.0 Å². The number of aliphatic hydroxyl groups is 1. The topological polar surface area (TPSA) is 40.5 Å². The SMILES string of the molecule is CN(CCO)CCC(=O)C(C)(C)C. The van der Waals surface area contributed by atoms with Gasteiger partial charge in [-0.1, -0.05) is 20.8 Å². The number of nitrogens with zero attached hydrogens (tertiary/aromatic N) is 1. The van der Waals surface area contributed by atoms with Crippen molar-refractivity contribution in [3.63, 3.8) is 0 Å². The van der Waals surface area contributed by atoms with E-state index < -0.39 is 0 Å². The van der Waals surface area contributed by atoms with E-state index in [1.165, 1.54) is 0 Å². The lowest BCUT2D eigenvalue weighted by molar-refractivity contribution is -0.126. The van der Waals surface area contributed by atoms with Crippen LogP contribution in [0.2, 0.25) is 0 Å². The van der Waals surface area contributed by atoms with Crippen molar-refractivity contribution in [3.05, 3.63) is 0 Å². The van der Waals surface area contributed by atoms with E-state index in [0.29, 0.717) is 13.0 Å². The number of hydrogen-bond acceptors (Lipinski definition) is 3. The van der Waals surface area contributed by atoms with Gasteiger partial charge in [-0.05, 0) is 7.05 Å². The fourth-order valence-electron chi connectivity index (χ4n) is 0.950. The largest absolute Gasteiger partial charge is 0.395 e. The van der Waals surface area contributed by atoms with Crippen molar-refractivity contribution in [1.29, 1.82) is 0 Å². The van der Waals surface area contributed by atoms with Crippen LogP contribution in [0.3, 0.4) is 0 Å². The van der Waals surface area contributed by atoms with Gasteiger partial charge in [0.15, 0.2) is 0 Å². The molecular weight excluding hydrogens is 166 g/mol. The molecule has 0 aliphatic carbocycles. The number of carbonyl (C=O) groups is 1. The van der Waals surface area contributed by atoms with Gasteiger partial charge in [-0.15, -0.1) is 0 Å². The highest BCUT2D eigenvalue weighted by atomic mass is 16.3. The summed E-state index contributed by atoms with van der Waals surface area (Å²) in [6, 6.07) is 0. The summed E-state index contributed by atoms with van der Waals surface area (Å²) in [4.78, 5) is 13.4. The number of likely N-dealkylation sites (N-methyl/N-ethyl adjacent to an activating group) is 1. The first-order chi connectivity index (χ1) is 5.88. The van der Waals surface area contributed by atoms with Gasteiger partial charge in [0, 0.05) is 24.9 Å². The predicted octanol–water partition coefficient (Wildman–Crippen LogP) is 0.916. The third-order valence-electron chi connectivity index (χ3n) is 2.04. The van der Waals surface area contributed by atoms with Crippen LogP contribution in [0.4, 0.5) is 0 Å². The van der Waals surface area contributed by atoms with Crippen molar-refractivity contribution in [3.8, 4) is 0 Å². The average molecular weight is 187 g/mol. The summed E-state index contributed by atoms with van der Waals surface area (Å²) in [6.45, 7) is 7.32. The summed E-state index contributed by atoms with van der Waals surface area (Å²) in [6.07, 6.45) is 0.569. The molecule has 78 valence electrons. The van der Waals surface area contributed by atoms with E-state index in [1.807, 2.05) is 32.7 Å². The molecule has 3 nitrogen and oxygen atoms in total. The molecule has 1 N–H and O–H groups in total. The molecular formula is C10H21NO2. The summed E-state index contributed by atoms with van der Waals surface area (Å²) >= 11 is 0. The van der Waals surface area contributed by atoms with Gasteiger partial charge in [-0.2, -0.15) is 0 Å². The molecule has 0 aromatic heterocycles. The molecule has 0 radical (unpaired) electrons. The van der Waals surface area contributed by atoms with E-state index in [-0.39, 0.29) is 17.8 Å². The second-order valence-electron chi connectivity index (χ2n) is 4.45. The molecule has 0 aromatic carbocycles. The third-order valence-corrected chi connectivity index (χ3v) is 2.04. The van der Waals surface area contributed by atoms with Crippen molar-refractivity contribution in [2.75, 3.05) is 26.7 Å². The molecule has 0 saturated carbocycles. The normalized spacial score (nSPS) is 12.2. The molecule has 13 heavy (non-hydrogen) atoms. The Morgan fingerprint density at radius 3 is 2.23 bits per heavy atom. The minimum atomic E-state index is -0.236. The zero-order chi connectivity index (χ0) is 10.5. The Kier molecular flexibility index (Phi) is 5.18. The fraction of sp³-hybridized carbons (Fsp3) is 0.900. The molecule has 0 rings (SSSR count). The van der Waals surface area contributed by atoms with Gasteiger partial charge >= 0.3 is 0 Å². The van der Waals surface area contributed by atoms with Crippen LogP contribution in [0.25, 0.3) is 0 Å². The number of Topliss-reactive ketones (excluding diaryl/α,β-unsaturated/α-hetero) is 1. The van der Waals surface area contributed by atoms with E-state index in [4.69, 9.17) is 5.11 Å². The second kappa shape index (κ2) is 5.35. The molecule has 0 aliphatic heterocycles. The Labute approximate surface area is 80.7 Å². The Morgan fingerprint density at radius 2 is 1.85 bits per heavy atom. The van der Waals surface area contributed by atoms with E-state index >= 15 is 0 Å². The Balaban J connectivity index is 3.71. The third kappa shape index (κ3) is 5.77. The lowest BCUT2D eigenvalue weighted by atomic mass is 9.89. The maximum Gasteiger partial charge on any atom is 0.139 e. The lowest BCUT2D eigenvalue weighted by Crippen LogP contribution is -2.28. The monoisotopic (exact) mass is 187 g/mol. The number of rotatable bonds is 5. The van der Waals surface area contributed by atoms with Crippen LogP contribution in [0.15, 0.2) is 0 Å². The smallest absolute Gasteiger partial charge is 0.139 e. The van der Waals surface area contributed by atoms with Crippen LogP contribution < -0.4 is 0 Å².